The van der Waals surface area contributed by atoms with E-state index in [4.69, 9.17) is 4.18 Å². The van der Waals surface area contributed by atoms with Gasteiger partial charge >= 0.3 is 10.1 Å². The number of hydrogen-bond donors (Lipinski definition) is 2. The van der Waals surface area contributed by atoms with Gasteiger partial charge in [-0.1, -0.05) is 24.3 Å². The molecule has 3 rings (SSSR count). The van der Waals surface area contributed by atoms with Crippen molar-refractivity contribution in [3.8, 4) is 28.4 Å². The molecule has 0 radical (unpaired) electrons. The van der Waals surface area contributed by atoms with Crippen LogP contribution in [0.2, 0.25) is 0 Å². The lowest BCUT2D eigenvalue weighted by Crippen LogP contribution is -2.11. The molecule has 0 aliphatic heterocycles. The van der Waals surface area contributed by atoms with E-state index in [-0.39, 0.29) is 22.1 Å². The first kappa shape index (κ1) is 17.8. The predicted molar refractivity (Wildman–Crippen MR) is 98.9 cm³/mol. The van der Waals surface area contributed by atoms with Crippen molar-refractivity contribution < 1.29 is 22.8 Å². The first-order valence-electron chi connectivity index (χ1n) is 7.91. The zero-order valence-electron chi connectivity index (χ0n) is 14.3. The number of phenols is 2. The molecule has 0 unspecified atom stereocenters. The third-order valence-corrected chi connectivity index (χ3v) is 5.34. The highest BCUT2D eigenvalue weighted by atomic mass is 32.2. The molecule has 0 saturated carbocycles. The summed E-state index contributed by atoms with van der Waals surface area (Å²) in [5.74, 6) is 0.330. The smallest absolute Gasteiger partial charge is 0.339 e. The van der Waals surface area contributed by atoms with Crippen LogP contribution < -0.4 is 4.18 Å². The Balaban J connectivity index is 2.05. The van der Waals surface area contributed by atoms with E-state index >= 15 is 0 Å². The molecular formula is C20H18O5S. The van der Waals surface area contributed by atoms with Crippen molar-refractivity contribution >= 4 is 10.1 Å². The van der Waals surface area contributed by atoms with E-state index < -0.39 is 10.1 Å². The molecule has 134 valence electrons. The van der Waals surface area contributed by atoms with Gasteiger partial charge in [0.25, 0.3) is 0 Å². The van der Waals surface area contributed by atoms with Gasteiger partial charge in [-0.05, 0) is 66.9 Å². The standard InChI is InChI=1S/C20H18O5S/c1-13-11-15(7-9-18(13)21)17-5-3-4-6-20(17)26(23,24)25-16-8-10-19(22)14(2)12-16/h3-12,21-22H,1-2H3. The summed E-state index contributed by atoms with van der Waals surface area (Å²) in [7, 11) is -4.09. The van der Waals surface area contributed by atoms with Crippen LogP contribution in [0.25, 0.3) is 11.1 Å². The Kier molecular flexibility index (Phi) is 4.61. The second-order valence-electron chi connectivity index (χ2n) is 5.98. The number of aryl methyl sites for hydroxylation is 2. The Labute approximate surface area is 152 Å². The molecule has 0 atom stereocenters. The van der Waals surface area contributed by atoms with E-state index in [0.29, 0.717) is 22.3 Å². The molecule has 0 aliphatic rings. The fourth-order valence-electron chi connectivity index (χ4n) is 2.60. The van der Waals surface area contributed by atoms with Crippen LogP contribution in [0, 0.1) is 13.8 Å². The summed E-state index contributed by atoms with van der Waals surface area (Å²) >= 11 is 0. The Morgan fingerprint density at radius 1 is 0.808 bits per heavy atom. The highest BCUT2D eigenvalue weighted by Gasteiger charge is 2.22. The van der Waals surface area contributed by atoms with Gasteiger partial charge in [0, 0.05) is 5.56 Å². The summed E-state index contributed by atoms with van der Waals surface area (Å²) in [4.78, 5) is 0.0239. The van der Waals surface area contributed by atoms with Crippen molar-refractivity contribution in [3.63, 3.8) is 0 Å². The van der Waals surface area contributed by atoms with Gasteiger partial charge in [-0.2, -0.15) is 8.42 Å². The molecule has 0 bridgehead atoms. The monoisotopic (exact) mass is 370 g/mol. The van der Waals surface area contributed by atoms with Gasteiger partial charge in [0.1, 0.15) is 22.1 Å². The second kappa shape index (κ2) is 6.72. The van der Waals surface area contributed by atoms with Crippen molar-refractivity contribution in [2.45, 2.75) is 18.7 Å². The summed E-state index contributed by atoms with van der Waals surface area (Å²) < 4.78 is 30.9. The van der Waals surface area contributed by atoms with Gasteiger partial charge < -0.3 is 14.4 Å². The normalized spacial score (nSPS) is 11.3. The van der Waals surface area contributed by atoms with Crippen LogP contribution >= 0.6 is 0 Å². The van der Waals surface area contributed by atoms with E-state index in [1.54, 1.807) is 44.2 Å². The lowest BCUT2D eigenvalue weighted by atomic mass is 10.0. The van der Waals surface area contributed by atoms with E-state index in [1.807, 2.05) is 0 Å². The summed E-state index contributed by atoms with van der Waals surface area (Å²) in [6.45, 7) is 3.40. The first-order valence-corrected chi connectivity index (χ1v) is 9.32. The van der Waals surface area contributed by atoms with E-state index in [0.717, 1.165) is 0 Å². The molecule has 0 aromatic heterocycles. The summed E-state index contributed by atoms with van der Waals surface area (Å²) in [5.41, 5.74) is 2.29. The molecule has 0 fully saturated rings. The van der Waals surface area contributed by atoms with Crippen LogP contribution in [0.1, 0.15) is 11.1 Å². The molecule has 2 N–H and O–H groups in total. The highest BCUT2D eigenvalue weighted by Crippen LogP contribution is 2.32. The van der Waals surface area contributed by atoms with Crippen LogP contribution in [0.5, 0.6) is 17.2 Å². The zero-order chi connectivity index (χ0) is 18.9. The van der Waals surface area contributed by atoms with Crippen molar-refractivity contribution in [2.75, 3.05) is 0 Å². The summed E-state index contributed by atoms with van der Waals surface area (Å²) in [6, 6.07) is 15.7. The molecule has 26 heavy (non-hydrogen) atoms. The second-order valence-corrected chi connectivity index (χ2v) is 7.50. The number of hydrogen-bond acceptors (Lipinski definition) is 5. The molecule has 3 aromatic rings. The van der Waals surface area contributed by atoms with Crippen LogP contribution in [0.3, 0.4) is 0 Å². The lowest BCUT2D eigenvalue weighted by Gasteiger charge is -2.13. The first-order chi connectivity index (χ1) is 12.3. The van der Waals surface area contributed by atoms with Gasteiger partial charge in [-0.3, -0.25) is 0 Å². The summed E-state index contributed by atoms with van der Waals surface area (Å²) in [5, 5.41) is 19.3. The highest BCUT2D eigenvalue weighted by molar-refractivity contribution is 7.87. The SMILES string of the molecule is Cc1cc(OS(=O)(=O)c2ccccc2-c2ccc(O)c(C)c2)ccc1O. The maximum atomic E-state index is 12.8. The average Bonchev–Trinajstić information content (AvgIpc) is 2.60. The topological polar surface area (TPSA) is 83.8 Å². The quantitative estimate of drug-likeness (QED) is 0.674. The van der Waals surface area contributed by atoms with Gasteiger partial charge in [-0.15, -0.1) is 0 Å². The van der Waals surface area contributed by atoms with Crippen molar-refractivity contribution in [1.29, 1.82) is 0 Å². The van der Waals surface area contributed by atoms with Gasteiger partial charge in [0.15, 0.2) is 0 Å². The van der Waals surface area contributed by atoms with Gasteiger partial charge in [-0.25, -0.2) is 0 Å². The van der Waals surface area contributed by atoms with Crippen LogP contribution in [-0.2, 0) is 10.1 Å². The van der Waals surface area contributed by atoms with E-state index in [1.165, 1.54) is 30.3 Å². The Morgan fingerprint density at radius 3 is 2.08 bits per heavy atom. The largest absolute Gasteiger partial charge is 0.508 e. The van der Waals surface area contributed by atoms with E-state index in [2.05, 4.69) is 0 Å². The molecule has 5 nitrogen and oxygen atoms in total. The minimum Gasteiger partial charge on any atom is -0.508 e. The Bertz CT molecular complexity index is 1070. The van der Waals surface area contributed by atoms with Gasteiger partial charge in [0.05, 0.1) is 0 Å². The van der Waals surface area contributed by atoms with Crippen molar-refractivity contribution in [3.05, 3.63) is 71.8 Å². The van der Waals surface area contributed by atoms with Gasteiger partial charge in [0.2, 0.25) is 0 Å². The average molecular weight is 370 g/mol. The summed E-state index contributed by atoms with van der Waals surface area (Å²) in [6.07, 6.45) is 0. The Hall–Kier alpha value is -2.99. The third kappa shape index (κ3) is 3.50. The molecule has 0 spiro atoms. The maximum Gasteiger partial charge on any atom is 0.339 e. The lowest BCUT2D eigenvalue weighted by molar-refractivity contribution is 0.465. The number of aromatic hydroxyl groups is 2. The van der Waals surface area contributed by atoms with Crippen molar-refractivity contribution in [1.82, 2.24) is 0 Å². The number of rotatable bonds is 4. The van der Waals surface area contributed by atoms with Crippen molar-refractivity contribution in [2.24, 2.45) is 0 Å². The molecule has 0 aliphatic carbocycles. The third-order valence-electron chi connectivity index (χ3n) is 4.04. The molecule has 0 heterocycles. The zero-order valence-corrected chi connectivity index (χ0v) is 15.1. The van der Waals surface area contributed by atoms with Crippen LogP contribution in [0.4, 0.5) is 0 Å². The molecule has 0 amide bonds. The minimum absolute atomic E-state index is 0.0239. The fourth-order valence-corrected chi connectivity index (χ4v) is 3.74. The van der Waals surface area contributed by atoms with Crippen LogP contribution in [-0.4, -0.2) is 18.6 Å². The number of benzene rings is 3. The minimum atomic E-state index is -4.09. The molecule has 3 aromatic carbocycles. The van der Waals surface area contributed by atoms with E-state index in [9.17, 15) is 18.6 Å². The maximum absolute atomic E-state index is 12.8. The number of phenolic OH excluding ortho intramolecular Hbond substituents is 2. The molecule has 0 saturated heterocycles. The molecular weight excluding hydrogens is 352 g/mol. The fraction of sp³-hybridized carbons (Fsp3) is 0.100. The molecule has 6 heteroatoms. The predicted octanol–water partition coefficient (Wildman–Crippen LogP) is 4.15. The van der Waals surface area contributed by atoms with Crippen LogP contribution in [0.15, 0.2) is 65.6 Å². The Morgan fingerprint density at radius 2 is 1.42 bits per heavy atom.